The first-order chi connectivity index (χ1) is 9.51. The van der Waals surface area contributed by atoms with Gasteiger partial charge < -0.3 is 15.8 Å². The van der Waals surface area contributed by atoms with Crippen molar-refractivity contribution in [3.8, 4) is 5.75 Å². The maximum absolute atomic E-state index is 13.6. The number of nitrogen functional groups attached to an aromatic ring is 1. The van der Waals surface area contributed by atoms with E-state index in [1.165, 1.54) is 0 Å². The first kappa shape index (κ1) is 14.0. The summed E-state index contributed by atoms with van der Waals surface area (Å²) in [5.41, 5.74) is 6.24. The number of benzene rings is 1. The molecule has 1 heterocycles. The zero-order valence-corrected chi connectivity index (χ0v) is 11.2. The Labute approximate surface area is 115 Å². The molecular weight excluding hydrogens is 264 g/mol. The minimum absolute atomic E-state index is 0.0766. The summed E-state index contributed by atoms with van der Waals surface area (Å²) in [6, 6.07) is 7.80. The zero-order valence-electron chi connectivity index (χ0n) is 11.2. The minimum atomic E-state index is -0.870. The van der Waals surface area contributed by atoms with E-state index >= 15 is 0 Å². The van der Waals surface area contributed by atoms with Crippen molar-refractivity contribution in [2.75, 3.05) is 18.2 Å². The van der Waals surface area contributed by atoms with Crippen LogP contribution in [0.4, 0.5) is 20.4 Å². The first-order valence-corrected chi connectivity index (χ1v) is 6.03. The van der Waals surface area contributed by atoms with E-state index in [2.05, 4.69) is 10.3 Å². The van der Waals surface area contributed by atoms with Crippen molar-refractivity contribution in [1.29, 1.82) is 0 Å². The van der Waals surface area contributed by atoms with Crippen LogP contribution in [0.15, 0.2) is 30.3 Å². The molecule has 0 aliphatic rings. The van der Waals surface area contributed by atoms with Crippen LogP contribution in [-0.4, -0.2) is 12.1 Å². The molecule has 0 aliphatic carbocycles. The molecule has 2 aromatic rings. The average Bonchev–Trinajstić information content (AvgIpc) is 2.44. The Morgan fingerprint density at radius 1 is 1.20 bits per heavy atom. The summed E-state index contributed by atoms with van der Waals surface area (Å²) < 4.78 is 31.7. The molecule has 0 amide bonds. The summed E-state index contributed by atoms with van der Waals surface area (Å²) in [6.45, 7) is 1.84. The van der Waals surface area contributed by atoms with E-state index < -0.39 is 11.6 Å². The van der Waals surface area contributed by atoms with Gasteiger partial charge in [0.05, 0.1) is 13.2 Å². The van der Waals surface area contributed by atoms with Crippen LogP contribution < -0.4 is 15.8 Å². The van der Waals surface area contributed by atoms with Gasteiger partial charge in [0.15, 0.2) is 23.3 Å². The number of nitrogens with two attached hydrogens (primary N) is 1. The predicted octanol–water partition coefficient (Wildman–Crippen LogP) is 3.12. The summed E-state index contributed by atoms with van der Waals surface area (Å²) >= 11 is 0. The number of pyridine rings is 1. The minimum Gasteiger partial charge on any atom is -0.497 e. The van der Waals surface area contributed by atoms with Crippen molar-refractivity contribution in [2.24, 2.45) is 0 Å². The maximum atomic E-state index is 13.6. The fraction of sp³-hybridized carbons (Fsp3) is 0.214. The second-order valence-electron chi connectivity index (χ2n) is 4.33. The van der Waals surface area contributed by atoms with Crippen molar-refractivity contribution in [1.82, 2.24) is 4.98 Å². The zero-order chi connectivity index (χ0) is 14.7. The van der Waals surface area contributed by atoms with Gasteiger partial charge in [0.25, 0.3) is 0 Å². The molecule has 20 heavy (non-hydrogen) atoms. The largest absolute Gasteiger partial charge is 0.497 e. The van der Waals surface area contributed by atoms with Crippen molar-refractivity contribution >= 4 is 11.6 Å². The lowest BCUT2D eigenvalue weighted by molar-refractivity contribution is 0.414. The number of halogens is 2. The van der Waals surface area contributed by atoms with E-state index in [-0.39, 0.29) is 17.7 Å². The topological polar surface area (TPSA) is 60.2 Å². The quantitative estimate of drug-likeness (QED) is 0.902. The fourth-order valence-corrected chi connectivity index (χ4v) is 1.76. The van der Waals surface area contributed by atoms with Crippen LogP contribution in [0.3, 0.4) is 0 Å². The number of rotatable bonds is 4. The monoisotopic (exact) mass is 279 g/mol. The molecule has 1 aromatic carbocycles. The summed E-state index contributed by atoms with van der Waals surface area (Å²) in [5.74, 6) is -1.33. The number of hydrogen-bond donors (Lipinski definition) is 2. The van der Waals surface area contributed by atoms with Crippen LogP contribution in [0.25, 0.3) is 0 Å². The average molecular weight is 279 g/mol. The molecule has 1 atom stereocenters. The highest BCUT2D eigenvalue weighted by Crippen LogP contribution is 2.23. The van der Waals surface area contributed by atoms with Gasteiger partial charge in [-0.15, -0.1) is 0 Å². The molecule has 1 aromatic heterocycles. The number of ether oxygens (including phenoxy) is 1. The molecule has 0 bridgehead atoms. The second-order valence-corrected chi connectivity index (χ2v) is 4.33. The normalized spacial score (nSPS) is 12.0. The lowest BCUT2D eigenvalue weighted by Crippen LogP contribution is -2.11. The van der Waals surface area contributed by atoms with Gasteiger partial charge in [-0.3, -0.25) is 0 Å². The molecule has 0 saturated heterocycles. The number of nitrogens with zero attached hydrogens (tertiary/aromatic N) is 1. The molecule has 4 nitrogen and oxygen atoms in total. The molecule has 3 N–H and O–H groups in total. The van der Waals surface area contributed by atoms with Gasteiger partial charge >= 0.3 is 0 Å². The molecule has 106 valence electrons. The van der Waals surface area contributed by atoms with Gasteiger partial charge in [-0.05, 0) is 24.6 Å². The lowest BCUT2D eigenvalue weighted by atomic mass is 10.1. The van der Waals surface area contributed by atoms with Gasteiger partial charge in [-0.25, -0.2) is 13.8 Å². The standard InChI is InChI=1S/C14H15F2N3O/c1-8(9-3-5-10(20-2)6-4-9)18-14-12(16)7-11(15)13(17)19-14/h3-8H,1-2H3,(H3,17,18,19). The van der Waals surface area contributed by atoms with Crippen LogP contribution in [0, 0.1) is 11.6 Å². The van der Waals surface area contributed by atoms with E-state index in [1.54, 1.807) is 19.2 Å². The van der Waals surface area contributed by atoms with E-state index in [9.17, 15) is 8.78 Å². The first-order valence-electron chi connectivity index (χ1n) is 6.03. The summed E-state index contributed by atoms with van der Waals surface area (Å²) in [6.07, 6.45) is 0. The summed E-state index contributed by atoms with van der Waals surface area (Å²) in [7, 11) is 1.58. The van der Waals surface area contributed by atoms with Crippen molar-refractivity contribution in [2.45, 2.75) is 13.0 Å². The van der Waals surface area contributed by atoms with E-state index in [4.69, 9.17) is 10.5 Å². The lowest BCUT2D eigenvalue weighted by Gasteiger charge is -2.16. The van der Waals surface area contributed by atoms with Crippen LogP contribution in [0.2, 0.25) is 0 Å². The Balaban J connectivity index is 2.18. The number of anilines is 2. The van der Waals surface area contributed by atoms with Crippen LogP contribution in [-0.2, 0) is 0 Å². The Kier molecular flexibility index (Phi) is 4.02. The van der Waals surface area contributed by atoms with Gasteiger partial charge in [-0.2, -0.15) is 0 Å². The fourth-order valence-electron chi connectivity index (χ4n) is 1.76. The summed E-state index contributed by atoms with van der Waals surface area (Å²) in [4.78, 5) is 3.66. The molecule has 0 aliphatic heterocycles. The number of methoxy groups -OCH3 is 1. The molecule has 0 saturated carbocycles. The highest BCUT2D eigenvalue weighted by molar-refractivity contribution is 5.46. The van der Waals surface area contributed by atoms with Gasteiger partial charge in [-0.1, -0.05) is 12.1 Å². The highest BCUT2D eigenvalue weighted by Gasteiger charge is 2.13. The van der Waals surface area contributed by atoms with Crippen molar-refractivity contribution in [3.05, 3.63) is 47.5 Å². The van der Waals surface area contributed by atoms with E-state index in [0.717, 1.165) is 11.3 Å². The number of nitrogens with one attached hydrogen (secondary N) is 1. The number of aromatic nitrogens is 1. The molecule has 0 radical (unpaired) electrons. The van der Waals surface area contributed by atoms with Crippen LogP contribution >= 0.6 is 0 Å². The molecule has 0 fully saturated rings. The second kappa shape index (κ2) is 5.73. The Hall–Kier alpha value is -2.37. The maximum Gasteiger partial charge on any atom is 0.168 e. The Morgan fingerprint density at radius 3 is 2.45 bits per heavy atom. The molecule has 2 rings (SSSR count). The molecule has 1 unspecified atom stereocenters. The van der Waals surface area contributed by atoms with Gasteiger partial charge in [0, 0.05) is 6.07 Å². The van der Waals surface area contributed by atoms with Crippen LogP contribution in [0.1, 0.15) is 18.5 Å². The highest BCUT2D eigenvalue weighted by atomic mass is 19.1. The van der Waals surface area contributed by atoms with Crippen molar-refractivity contribution < 1.29 is 13.5 Å². The van der Waals surface area contributed by atoms with Crippen LogP contribution in [0.5, 0.6) is 5.75 Å². The van der Waals surface area contributed by atoms with E-state index in [1.807, 2.05) is 19.1 Å². The Bertz CT molecular complexity index is 602. The SMILES string of the molecule is COc1ccc(C(C)Nc2nc(N)c(F)cc2F)cc1. The smallest absolute Gasteiger partial charge is 0.168 e. The predicted molar refractivity (Wildman–Crippen MR) is 73.6 cm³/mol. The van der Waals surface area contributed by atoms with Crippen molar-refractivity contribution in [3.63, 3.8) is 0 Å². The Morgan fingerprint density at radius 2 is 1.85 bits per heavy atom. The van der Waals surface area contributed by atoms with E-state index in [0.29, 0.717) is 6.07 Å². The third kappa shape index (κ3) is 2.96. The molecule has 0 spiro atoms. The van der Waals surface area contributed by atoms with Gasteiger partial charge in [0.1, 0.15) is 5.75 Å². The third-order valence-electron chi connectivity index (χ3n) is 2.93. The van der Waals surface area contributed by atoms with Gasteiger partial charge in [0.2, 0.25) is 0 Å². The third-order valence-corrected chi connectivity index (χ3v) is 2.93. The molecule has 6 heteroatoms. The molecular formula is C14H15F2N3O. The number of hydrogen-bond acceptors (Lipinski definition) is 4. The summed E-state index contributed by atoms with van der Waals surface area (Å²) in [5, 5.41) is 2.86.